The summed E-state index contributed by atoms with van der Waals surface area (Å²) in [6, 6.07) is 4.47. The standard InChI is InChI=1S/C9H5Cl2N3O/c10-5-3-6(11)9(12-4-5)7-1-2-8(15)14-13-7/h1-4H,(H,14,15). The van der Waals surface area contributed by atoms with Crippen molar-refractivity contribution in [3.63, 3.8) is 0 Å². The molecule has 0 aliphatic rings. The second kappa shape index (κ2) is 4.00. The lowest BCUT2D eigenvalue weighted by Crippen LogP contribution is -2.06. The number of halogens is 2. The number of pyridine rings is 1. The zero-order valence-corrected chi connectivity index (χ0v) is 8.88. The Morgan fingerprint density at radius 2 is 2.07 bits per heavy atom. The summed E-state index contributed by atoms with van der Waals surface area (Å²) in [4.78, 5) is 14.8. The molecule has 0 aliphatic heterocycles. The van der Waals surface area contributed by atoms with E-state index in [1.165, 1.54) is 12.3 Å². The van der Waals surface area contributed by atoms with Gasteiger partial charge in [0.05, 0.1) is 10.0 Å². The molecule has 0 saturated carbocycles. The molecular formula is C9H5Cl2N3O. The Morgan fingerprint density at radius 1 is 1.27 bits per heavy atom. The second-order valence-corrected chi connectivity index (χ2v) is 3.63. The van der Waals surface area contributed by atoms with Gasteiger partial charge in [-0.3, -0.25) is 9.78 Å². The molecule has 4 nitrogen and oxygen atoms in total. The topological polar surface area (TPSA) is 58.6 Å². The molecule has 0 spiro atoms. The Kier molecular flexibility index (Phi) is 2.70. The average Bonchev–Trinajstić information content (AvgIpc) is 2.20. The minimum absolute atomic E-state index is 0.274. The lowest BCUT2D eigenvalue weighted by Gasteiger charge is -2.01. The van der Waals surface area contributed by atoms with Crippen LogP contribution in [0.4, 0.5) is 0 Å². The molecule has 0 bridgehead atoms. The van der Waals surface area contributed by atoms with Crippen molar-refractivity contribution >= 4 is 23.2 Å². The number of nitrogens with one attached hydrogen (secondary N) is 1. The Morgan fingerprint density at radius 3 is 2.67 bits per heavy atom. The van der Waals surface area contributed by atoms with E-state index in [9.17, 15) is 4.79 Å². The normalized spacial score (nSPS) is 10.3. The van der Waals surface area contributed by atoms with E-state index in [2.05, 4.69) is 15.2 Å². The van der Waals surface area contributed by atoms with Crippen LogP contribution in [-0.2, 0) is 0 Å². The predicted octanol–water partition coefficient (Wildman–Crippen LogP) is 2.14. The maximum Gasteiger partial charge on any atom is 0.264 e. The minimum atomic E-state index is -0.274. The third kappa shape index (κ3) is 2.16. The number of rotatable bonds is 1. The maximum atomic E-state index is 10.8. The van der Waals surface area contributed by atoms with Gasteiger partial charge in [0.15, 0.2) is 0 Å². The van der Waals surface area contributed by atoms with Gasteiger partial charge in [0.2, 0.25) is 0 Å². The zero-order valence-electron chi connectivity index (χ0n) is 7.37. The Balaban J connectivity index is 2.54. The van der Waals surface area contributed by atoms with Crippen molar-refractivity contribution in [2.75, 3.05) is 0 Å². The Labute approximate surface area is 94.9 Å². The quantitative estimate of drug-likeness (QED) is 0.833. The molecule has 2 aromatic rings. The first kappa shape index (κ1) is 10.1. The number of H-pyrrole nitrogens is 1. The zero-order chi connectivity index (χ0) is 10.8. The molecule has 0 aromatic carbocycles. The first-order valence-corrected chi connectivity index (χ1v) is 4.79. The molecule has 0 atom stereocenters. The average molecular weight is 242 g/mol. The lowest BCUT2D eigenvalue weighted by atomic mass is 10.2. The highest BCUT2D eigenvalue weighted by Gasteiger charge is 2.06. The molecule has 0 fully saturated rings. The van der Waals surface area contributed by atoms with Crippen LogP contribution in [0.5, 0.6) is 0 Å². The van der Waals surface area contributed by atoms with E-state index in [1.807, 2.05) is 0 Å². The molecule has 2 heterocycles. The Hall–Kier alpha value is -1.39. The van der Waals surface area contributed by atoms with Crippen LogP contribution in [0.2, 0.25) is 10.0 Å². The molecule has 0 unspecified atom stereocenters. The molecule has 76 valence electrons. The van der Waals surface area contributed by atoms with Crippen molar-refractivity contribution in [2.45, 2.75) is 0 Å². The summed E-state index contributed by atoms with van der Waals surface area (Å²) >= 11 is 11.6. The highest BCUT2D eigenvalue weighted by atomic mass is 35.5. The van der Waals surface area contributed by atoms with E-state index in [0.29, 0.717) is 21.4 Å². The largest absolute Gasteiger partial charge is 0.268 e. The minimum Gasteiger partial charge on any atom is -0.268 e. The van der Waals surface area contributed by atoms with Crippen LogP contribution in [0.1, 0.15) is 0 Å². The molecule has 15 heavy (non-hydrogen) atoms. The molecule has 2 aromatic heterocycles. The predicted molar refractivity (Wildman–Crippen MR) is 58.1 cm³/mol. The third-order valence-corrected chi connectivity index (χ3v) is 2.22. The van der Waals surface area contributed by atoms with Crippen molar-refractivity contribution in [3.8, 4) is 11.4 Å². The molecule has 6 heteroatoms. The van der Waals surface area contributed by atoms with Gasteiger partial charge < -0.3 is 0 Å². The molecule has 0 aliphatic carbocycles. The number of hydrogen-bond donors (Lipinski definition) is 1. The first-order valence-electron chi connectivity index (χ1n) is 4.04. The molecule has 1 N–H and O–H groups in total. The summed E-state index contributed by atoms with van der Waals surface area (Å²) in [5.41, 5.74) is 0.706. The fraction of sp³-hybridized carbons (Fsp3) is 0. The van der Waals surface area contributed by atoms with E-state index >= 15 is 0 Å². The fourth-order valence-electron chi connectivity index (χ4n) is 1.08. The van der Waals surface area contributed by atoms with Crippen LogP contribution < -0.4 is 5.56 Å². The van der Waals surface area contributed by atoms with Gasteiger partial charge in [-0.1, -0.05) is 23.2 Å². The van der Waals surface area contributed by atoms with E-state index in [1.54, 1.807) is 12.1 Å². The maximum absolute atomic E-state index is 10.8. The summed E-state index contributed by atoms with van der Waals surface area (Å²) in [6.45, 7) is 0. The monoisotopic (exact) mass is 241 g/mol. The second-order valence-electron chi connectivity index (χ2n) is 2.79. The van der Waals surface area contributed by atoms with Crippen LogP contribution >= 0.6 is 23.2 Å². The highest BCUT2D eigenvalue weighted by Crippen LogP contribution is 2.25. The van der Waals surface area contributed by atoms with Crippen molar-refractivity contribution in [3.05, 3.63) is 44.8 Å². The molecular weight excluding hydrogens is 237 g/mol. The smallest absolute Gasteiger partial charge is 0.264 e. The van der Waals surface area contributed by atoms with Crippen LogP contribution in [0.15, 0.2) is 29.2 Å². The molecule has 2 rings (SSSR count). The number of aromatic amines is 1. The highest BCUT2D eigenvalue weighted by molar-refractivity contribution is 6.35. The number of nitrogens with zero attached hydrogens (tertiary/aromatic N) is 2. The van der Waals surface area contributed by atoms with Gasteiger partial charge in [-0.25, -0.2) is 5.10 Å². The van der Waals surface area contributed by atoms with Gasteiger partial charge >= 0.3 is 0 Å². The summed E-state index contributed by atoms with van der Waals surface area (Å²) in [6.07, 6.45) is 1.47. The molecule has 0 saturated heterocycles. The SMILES string of the molecule is O=c1ccc(-c2ncc(Cl)cc2Cl)n[nH]1. The van der Waals surface area contributed by atoms with E-state index in [4.69, 9.17) is 23.2 Å². The summed E-state index contributed by atoms with van der Waals surface area (Å²) in [5.74, 6) is 0. The van der Waals surface area contributed by atoms with E-state index in [0.717, 1.165) is 0 Å². The van der Waals surface area contributed by atoms with Crippen molar-refractivity contribution in [1.29, 1.82) is 0 Å². The van der Waals surface area contributed by atoms with Crippen molar-refractivity contribution in [1.82, 2.24) is 15.2 Å². The summed E-state index contributed by atoms with van der Waals surface area (Å²) < 4.78 is 0. The number of aromatic nitrogens is 3. The molecule has 0 radical (unpaired) electrons. The number of hydrogen-bond acceptors (Lipinski definition) is 3. The van der Waals surface area contributed by atoms with Gasteiger partial charge in [0, 0.05) is 12.3 Å². The fourth-order valence-corrected chi connectivity index (χ4v) is 1.56. The Bertz CT molecular complexity index is 533. The first-order chi connectivity index (χ1) is 7.16. The molecule has 0 amide bonds. The van der Waals surface area contributed by atoms with Crippen LogP contribution in [-0.4, -0.2) is 15.2 Å². The van der Waals surface area contributed by atoms with Crippen LogP contribution in [0, 0.1) is 0 Å². The van der Waals surface area contributed by atoms with Gasteiger partial charge in [-0.15, -0.1) is 0 Å². The van der Waals surface area contributed by atoms with Crippen molar-refractivity contribution < 1.29 is 0 Å². The van der Waals surface area contributed by atoms with Gasteiger partial charge in [-0.2, -0.15) is 5.10 Å². The lowest BCUT2D eigenvalue weighted by molar-refractivity contribution is 0.989. The van der Waals surface area contributed by atoms with Crippen LogP contribution in [0.25, 0.3) is 11.4 Å². The van der Waals surface area contributed by atoms with Gasteiger partial charge in [0.1, 0.15) is 11.4 Å². The summed E-state index contributed by atoms with van der Waals surface area (Å²) in [5, 5.41) is 6.96. The third-order valence-electron chi connectivity index (χ3n) is 1.73. The van der Waals surface area contributed by atoms with E-state index in [-0.39, 0.29) is 5.56 Å². The summed E-state index contributed by atoms with van der Waals surface area (Å²) in [7, 11) is 0. The van der Waals surface area contributed by atoms with Gasteiger partial charge in [-0.05, 0) is 12.1 Å². The van der Waals surface area contributed by atoms with Gasteiger partial charge in [0.25, 0.3) is 5.56 Å². The van der Waals surface area contributed by atoms with E-state index < -0.39 is 0 Å². The van der Waals surface area contributed by atoms with Crippen LogP contribution in [0.3, 0.4) is 0 Å². The van der Waals surface area contributed by atoms with Crippen molar-refractivity contribution in [2.24, 2.45) is 0 Å².